The first-order chi connectivity index (χ1) is 11.6. The maximum absolute atomic E-state index is 2.67. The van der Waals surface area contributed by atoms with Gasteiger partial charge in [-0.25, -0.2) is 0 Å². The third kappa shape index (κ3) is 22.5. The predicted molar refractivity (Wildman–Crippen MR) is 116 cm³/mol. The van der Waals surface area contributed by atoms with Crippen LogP contribution < -0.4 is 0 Å². The van der Waals surface area contributed by atoms with Crippen molar-refractivity contribution in [3.05, 3.63) is 5.25 Å². The molecular formula is C23H49Ge. The zero-order valence-electron chi connectivity index (χ0n) is 17.8. The minimum atomic E-state index is -1.35. The summed E-state index contributed by atoms with van der Waals surface area (Å²) in [5, 5.41) is 2.67. The van der Waals surface area contributed by atoms with Crippen LogP contribution in [0, 0.1) is 5.25 Å². The second kappa shape index (κ2) is 18.3. The van der Waals surface area contributed by atoms with Crippen molar-refractivity contribution in [1.82, 2.24) is 0 Å². The molecule has 0 saturated carbocycles. The van der Waals surface area contributed by atoms with Gasteiger partial charge in [-0.3, -0.25) is 0 Å². The molecule has 0 atom stereocenters. The normalized spacial score (nSPS) is 12.0. The Hall–Kier alpha value is 0.543. The first-order valence-electron chi connectivity index (χ1n) is 11.4. The maximum atomic E-state index is 2.67. The standard InChI is InChI=1S/C23H49Ge/c1-5-6-7-8-9-10-11-12-13-14-15-16-17-18-19-20-21-22-23-24(2,3)4/h23H,5-22H2,1-4H3. The molecule has 0 bridgehead atoms. The van der Waals surface area contributed by atoms with Crippen molar-refractivity contribution in [3.8, 4) is 0 Å². The van der Waals surface area contributed by atoms with Crippen LogP contribution in [0.1, 0.15) is 122 Å². The summed E-state index contributed by atoms with van der Waals surface area (Å²) >= 11 is -1.35. The quantitative estimate of drug-likeness (QED) is 0.150. The molecule has 0 saturated heterocycles. The van der Waals surface area contributed by atoms with E-state index < -0.39 is 13.3 Å². The summed E-state index contributed by atoms with van der Waals surface area (Å²) < 4.78 is 0. The topological polar surface area (TPSA) is 0 Å². The molecular weight excluding hydrogens is 349 g/mol. The summed E-state index contributed by atoms with van der Waals surface area (Å²) in [6.07, 6.45) is 26.4. The van der Waals surface area contributed by atoms with Crippen molar-refractivity contribution in [3.63, 3.8) is 0 Å². The molecule has 0 aromatic rings. The Balaban J connectivity index is 3.00. The second-order valence-corrected chi connectivity index (χ2v) is 19.8. The van der Waals surface area contributed by atoms with Gasteiger partial charge in [0.1, 0.15) is 0 Å². The molecule has 0 aromatic carbocycles. The van der Waals surface area contributed by atoms with Crippen molar-refractivity contribution in [1.29, 1.82) is 0 Å². The molecule has 1 heteroatoms. The molecule has 145 valence electrons. The van der Waals surface area contributed by atoms with Gasteiger partial charge in [0.15, 0.2) is 0 Å². The molecule has 0 aromatic heterocycles. The fraction of sp³-hybridized carbons (Fsp3) is 0.957. The SMILES string of the molecule is CCCCCCCCCCCCCCCCCCC[CH][Ge]([CH3])([CH3])[CH3]. The third-order valence-electron chi connectivity index (χ3n) is 5.06. The summed E-state index contributed by atoms with van der Waals surface area (Å²) in [4.78, 5) is 0. The molecule has 0 aliphatic heterocycles. The fourth-order valence-electron chi connectivity index (χ4n) is 3.40. The van der Waals surface area contributed by atoms with Crippen LogP contribution in [0.3, 0.4) is 0 Å². The summed E-state index contributed by atoms with van der Waals surface area (Å²) in [7, 11) is 0. The molecule has 0 heterocycles. The summed E-state index contributed by atoms with van der Waals surface area (Å²) in [5.74, 6) is 7.48. The first-order valence-corrected chi connectivity index (χ1v) is 18.9. The van der Waals surface area contributed by atoms with Crippen LogP contribution in [0.4, 0.5) is 0 Å². The van der Waals surface area contributed by atoms with E-state index in [0.29, 0.717) is 0 Å². The summed E-state index contributed by atoms with van der Waals surface area (Å²) in [5.41, 5.74) is 0. The van der Waals surface area contributed by atoms with Crippen LogP contribution in [0.15, 0.2) is 0 Å². The van der Waals surface area contributed by atoms with Gasteiger partial charge in [0.05, 0.1) is 0 Å². The molecule has 1 radical (unpaired) electrons. The Morgan fingerprint density at radius 3 is 1.04 bits per heavy atom. The fourth-order valence-corrected chi connectivity index (χ4v) is 5.65. The van der Waals surface area contributed by atoms with E-state index in [1.165, 1.54) is 116 Å². The van der Waals surface area contributed by atoms with Gasteiger partial charge >= 0.3 is 106 Å². The molecule has 0 unspecified atom stereocenters. The number of unbranched alkanes of at least 4 members (excludes halogenated alkanes) is 17. The molecule has 0 aliphatic carbocycles. The van der Waals surface area contributed by atoms with Gasteiger partial charge in [-0.1, -0.05) is 51.9 Å². The van der Waals surface area contributed by atoms with E-state index in [-0.39, 0.29) is 0 Å². The van der Waals surface area contributed by atoms with Crippen LogP contribution in [0.25, 0.3) is 0 Å². The van der Waals surface area contributed by atoms with Crippen molar-refractivity contribution < 1.29 is 0 Å². The predicted octanol–water partition coefficient (Wildman–Crippen LogP) is 9.11. The van der Waals surface area contributed by atoms with Crippen molar-refractivity contribution in [2.45, 2.75) is 140 Å². The Morgan fingerprint density at radius 1 is 0.458 bits per heavy atom. The Bertz CT molecular complexity index is 229. The molecule has 0 amide bonds. The Kier molecular flexibility index (Phi) is 18.8. The summed E-state index contributed by atoms with van der Waals surface area (Å²) in [6, 6.07) is 0. The van der Waals surface area contributed by atoms with Crippen LogP contribution in [0.5, 0.6) is 0 Å². The number of rotatable bonds is 19. The van der Waals surface area contributed by atoms with Crippen LogP contribution in [-0.4, -0.2) is 13.3 Å². The average molecular weight is 398 g/mol. The van der Waals surface area contributed by atoms with Crippen molar-refractivity contribution in [2.75, 3.05) is 0 Å². The van der Waals surface area contributed by atoms with E-state index in [9.17, 15) is 0 Å². The Labute approximate surface area is 158 Å². The molecule has 0 spiro atoms. The Morgan fingerprint density at radius 2 is 0.750 bits per heavy atom. The molecule has 0 aliphatic rings. The van der Waals surface area contributed by atoms with Gasteiger partial charge in [0, 0.05) is 0 Å². The van der Waals surface area contributed by atoms with E-state index in [1.54, 1.807) is 0 Å². The molecule has 0 fully saturated rings. The van der Waals surface area contributed by atoms with Crippen LogP contribution >= 0.6 is 0 Å². The van der Waals surface area contributed by atoms with Gasteiger partial charge in [-0.15, -0.1) is 0 Å². The second-order valence-electron chi connectivity index (χ2n) is 9.02. The number of hydrogen-bond donors (Lipinski definition) is 0. The molecule has 24 heavy (non-hydrogen) atoms. The third-order valence-corrected chi connectivity index (χ3v) is 8.24. The zero-order chi connectivity index (χ0) is 17.9. The average Bonchev–Trinajstić information content (AvgIpc) is 2.52. The molecule has 0 nitrogen and oxygen atoms in total. The summed E-state index contributed by atoms with van der Waals surface area (Å²) in [6.45, 7) is 2.30. The zero-order valence-corrected chi connectivity index (χ0v) is 19.9. The van der Waals surface area contributed by atoms with E-state index in [0.717, 1.165) is 0 Å². The van der Waals surface area contributed by atoms with Crippen LogP contribution in [0.2, 0.25) is 17.3 Å². The monoisotopic (exact) mass is 399 g/mol. The van der Waals surface area contributed by atoms with E-state index >= 15 is 0 Å². The van der Waals surface area contributed by atoms with E-state index in [2.05, 4.69) is 29.4 Å². The van der Waals surface area contributed by atoms with Gasteiger partial charge in [-0.2, -0.15) is 0 Å². The van der Waals surface area contributed by atoms with Gasteiger partial charge < -0.3 is 0 Å². The van der Waals surface area contributed by atoms with Crippen LogP contribution in [-0.2, 0) is 0 Å². The number of hydrogen-bond acceptors (Lipinski definition) is 0. The first kappa shape index (κ1) is 24.5. The van der Waals surface area contributed by atoms with E-state index in [4.69, 9.17) is 0 Å². The van der Waals surface area contributed by atoms with Gasteiger partial charge in [0.2, 0.25) is 0 Å². The van der Waals surface area contributed by atoms with Crippen molar-refractivity contribution in [2.24, 2.45) is 0 Å². The van der Waals surface area contributed by atoms with Gasteiger partial charge in [-0.05, 0) is 0 Å². The van der Waals surface area contributed by atoms with Gasteiger partial charge in [0.25, 0.3) is 0 Å². The molecule has 0 rings (SSSR count). The minimum absolute atomic E-state index is 1.35. The van der Waals surface area contributed by atoms with Crippen molar-refractivity contribution >= 4 is 13.3 Å². The molecule has 0 N–H and O–H groups in total. The van der Waals surface area contributed by atoms with E-state index in [1.807, 2.05) is 0 Å².